The van der Waals surface area contributed by atoms with E-state index < -0.39 is 10.0 Å². The van der Waals surface area contributed by atoms with Crippen LogP contribution in [0.3, 0.4) is 0 Å². The number of nitrogens with one attached hydrogen (secondary N) is 2. The highest BCUT2D eigenvalue weighted by molar-refractivity contribution is 7.89. The van der Waals surface area contributed by atoms with Crippen LogP contribution >= 0.6 is 0 Å². The maximum Gasteiger partial charge on any atom is 0.257 e. The van der Waals surface area contributed by atoms with Crippen LogP contribution in [0.15, 0.2) is 64.0 Å². The van der Waals surface area contributed by atoms with Crippen molar-refractivity contribution in [2.24, 2.45) is 0 Å². The molecule has 0 aliphatic carbocycles. The molecule has 1 aromatic heterocycles. The minimum Gasteiger partial charge on any atom is -0.337 e. The number of anilines is 1. The molecule has 3 rings (SSSR count). The zero-order valence-electron chi connectivity index (χ0n) is 13.3. The zero-order chi connectivity index (χ0) is 17.2. The fraction of sp³-hybridized carbons (Fsp3) is 0.118. The van der Waals surface area contributed by atoms with Crippen molar-refractivity contribution in [1.29, 1.82) is 0 Å². The molecule has 0 aliphatic heterocycles. The predicted molar refractivity (Wildman–Crippen MR) is 91.8 cm³/mol. The van der Waals surface area contributed by atoms with Crippen molar-refractivity contribution in [3.63, 3.8) is 0 Å². The summed E-state index contributed by atoms with van der Waals surface area (Å²) < 4.78 is 29.8. The molecule has 124 valence electrons. The predicted octanol–water partition coefficient (Wildman–Crippen LogP) is 3.26. The Morgan fingerprint density at radius 1 is 0.958 bits per heavy atom. The van der Waals surface area contributed by atoms with Crippen molar-refractivity contribution in [2.75, 3.05) is 5.43 Å². The van der Waals surface area contributed by atoms with Crippen molar-refractivity contribution < 1.29 is 12.9 Å². The maximum atomic E-state index is 12.3. The number of benzene rings is 2. The molecule has 0 saturated carbocycles. The largest absolute Gasteiger partial charge is 0.337 e. The van der Waals surface area contributed by atoms with Gasteiger partial charge in [0, 0.05) is 11.1 Å². The fourth-order valence-electron chi connectivity index (χ4n) is 2.21. The molecule has 0 radical (unpaired) electrons. The molecule has 0 aliphatic rings. The standard InChI is InChI=1S/C17H17N3O3S/c1-12-8-10-15(11-9-12)24(21,22)20-18-17-13(2)16(19-23-17)14-6-4-3-5-7-14/h3-11,18,20H,1-2H3. The van der Waals surface area contributed by atoms with Crippen LogP contribution in [-0.4, -0.2) is 13.6 Å². The lowest BCUT2D eigenvalue weighted by molar-refractivity contribution is 0.432. The average molecular weight is 343 g/mol. The van der Waals surface area contributed by atoms with Crippen molar-refractivity contribution in [3.8, 4) is 11.3 Å². The Morgan fingerprint density at radius 2 is 1.62 bits per heavy atom. The van der Waals surface area contributed by atoms with Gasteiger partial charge < -0.3 is 4.52 Å². The SMILES string of the molecule is Cc1ccc(S(=O)(=O)NNc2onc(-c3ccccc3)c2C)cc1. The van der Waals surface area contributed by atoms with E-state index in [0.29, 0.717) is 11.3 Å². The first-order valence-electron chi connectivity index (χ1n) is 7.33. The summed E-state index contributed by atoms with van der Waals surface area (Å²) in [6, 6.07) is 16.1. The Bertz CT molecular complexity index is 933. The molecule has 0 saturated heterocycles. The van der Waals surface area contributed by atoms with E-state index in [1.165, 1.54) is 0 Å². The third kappa shape index (κ3) is 3.32. The molecule has 24 heavy (non-hydrogen) atoms. The summed E-state index contributed by atoms with van der Waals surface area (Å²) in [6.45, 7) is 3.70. The smallest absolute Gasteiger partial charge is 0.257 e. The first-order chi connectivity index (χ1) is 11.5. The summed E-state index contributed by atoms with van der Waals surface area (Å²) in [5.74, 6) is 0.254. The van der Waals surface area contributed by atoms with Gasteiger partial charge >= 0.3 is 0 Å². The molecule has 7 heteroatoms. The molecule has 0 unspecified atom stereocenters. The monoisotopic (exact) mass is 343 g/mol. The van der Waals surface area contributed by atoms with Gasteiger partial charge in [0.05, 0.1) is 4.90 Å². The molecule has 0 atom stereocenters. The summed E-state index contributed by atoms with van der Waals surface area (Å²) in [7, 11) is -3.70. The molecule has 0 bridgehead atoms. The van der Waals surface area contributed by atoms with Crippen LogP contribution in [0, 0.1) is 13.8 Å². The van der Waals surface area contributed by atoms with Crippen molar-refractivity contribution >= 4 is 15.9 Å². The third-order valence-electron chi connectivity index (χ3n) is 3.60. The van der Waals surface area contributed by atoms with Gasteiger partial charge in [-0.3, -0.25) is 5.43 Å². The highest BCUT2D eigenvalue weighted by Crippen LogP contribution is 2.27. The van der Waals surface area contributed by atoms with Crippen LogP contribution < -0.4 is 10.3 Å². The molecule has 0 fully saturated rings. The van der Waals surface area contributed by atoms with Gasteiger partial charge in [-0.2, -0.15) is 0 Å². The minimum absolute atomic E-state index is 0.168. The lowest BCUT2D eigenvalue weighted by Gasteiger charge is -2.07. The molecule has 6 nitrogen and oxygen atoms in total. The summed E-state index contributed by atoms with van der Waals surface area (Å²) in [6.07, 6.45) is 0. The van der Waals surface area contributed by atoms with Gasteiger partial charge in [-0.25, -0.2) is 8.42 Å². The second kappa shape index (κ2) is 6.46. The van der Waals surface area contributed by atoms with Crippen molar-refractivity contribution in [2.45, 2.75) is 18.7 Å². The zero-order valence-corrected chi connectivity index (χ0v) is 14.1. The Kier molecular flexibility index (Phi) is 4.37. The molecule has 0 amide bonds. The van der Waals surface area contributed by atoms with Gasteiger partial charge in [-0.15, -0.1) is 4.83 Å². The molecule has 3 aromatic rings. The number of rotatable bonds is 5. The lowest BCUT2D eigenvalue weighted by Crippen LogP contribution is -2.29. The molecule has 1 heterocycles. The number of aromatic nitrogens is 1. The highest BCUT2D eigenvalue weighted by atomic mass is 32.2. The van der Waals surface area contributed by atoms with Crippen LogP contribution in [-0.2, 0) is 10.0 Å². The molecule has 0 spiro atoms. The van der Waals surface area contributed by atoms with Crippen LogP contribution in [0.1, 0.15) is 11.1 Å². The number of sulfonamides is 1. The molecular formula is C17H17N3O3S. The fourth-order valence-corrected chi connectivity index (χ4v) is 3.05. The van der Waals surface area contributed by atoms with E-state index in [1.807, 2.05) is 37.3 Å². The van der Waals surface area contributed by atoms with Gasteiger partial charge in [0.15, 0.2) is 0 Å². The summed E-state index contributed by atoms with van der Waals surface area (Å²) in [4.78, 5) is 2.47. The molecular weight excluding hydrogens is 326 g/mol. The number of aryl methyl sites for hydroxylation is 1. The quantitative estimate of drug-likeness (QED) is 0.695. The van der Waals surface area contributed by atoms with E-state index in [4.69, 9.17) is 4.52 Å². The van der Waals surface area contributed by atoms with E-state index in [1.54, 1.807) is 31.2 Å². The topological polar surface area (TPSA) is 84.2 Å². The van der Waals surface area contributed by atoms with Gasteiger partial charge in [0.25, 0.3) is 10.0 Å². The number of hydrogen-bond donors (Lipinski definition) is 2. The normalized spacial score (nSPS) is 11.4. The van der Waals surface area contributed by atoms with Gasteiger partial charge in [-0.1, -0.05) is 53.2 Å². The van der Waals surface area contributed by atoms with Crippen LogP contribution in [0.2, 0.25) is 0 Å². The minimum atomic E-state index is -3.70. The summed E-state index contributed by atoms with van der Waals surface area (Å²) >= 11 is 0. The van der Waals surface area contributed by atoms with Crippen molar-refractivity contribution in [3.05, 3.63) is 65.7 Å². The van der Waals surface area contributed by atoms with E-state index in [0.717, 1.165) is 11.1 Å². The Labute approximate surface area is 140 Å². The Morgan fingerprint density at radius 3 is 2.29 bits per heavy atom. The first-order valence-corrected chi connectivity index (χ1v) is 8.82. The van der Waals surface area contributed by atoms with Gasteiger partial charge in [0.1, 0.15) is 5.69 Å². The van der Waals surface area contributed by atoms with Gasteiger partial charge in [-0.05, 0) is 26.0 Å². The molecule has 2 aromatic carbocycles. The molecule has 2 N–H and O–H groups in total. The van der Waals surface area contributed by atoms with Crippen LogP contribution in [0.4, 0.5) is 5.88 Å². The van der Waals surface area contributed by atoms with E-state index in [9.17, 15) is 8.42 Å². The van der Waals surface area contributed by atoms with E-state index >= 15 is 0 Å². The van der Waals surface area contributed by atoms with E-state index in [-0.39, 0.29) is 10.8 Å². The average Bonchev–Trinajstić information content (AvgIpc) is 2.95. The summed E-state index contributed by atoms with van der Waals surface area (Å²) in [5.41, 5.74) is 5.85. The maximum absolute atomic E-state index is 12.3. The second-order valence-electron chi connectivity index (χ2n) is 5.39. The Hall–Kier alpha value is -2.64. The second-order valence-corrected chi connectivity index (χ2v) is 7.08. The van der Waals surface area contributed by atoms with Gasteiger partial charge in [0.2, 0.25) is 5.88 Å². The van der Waals surface area contributed by atoms with Crippen molar-refractivity contribution in [1.82, 2.24) is 9.99 Å². The summed E-state index contributed by atoms with van der Waals surface area (Å²) in [5, 5.41) is 4.00. The van der Waals surface area contributed by atoms with Crippen LogP contribution in [0.25, 0.3) is 11.3 Å². The number of hydrazine groups is 1. The first kappa shape index (κ1) is 16.2. The van der Waals surface area contributed by atoms with Crippen LogP contribution in [0.5, 0.6) is 0 Å². The third-order valence-corrected chi connectivity index (χ3v) is 4.87. The Balaban J connectivity index is 1.78. The number of hydrogen-bond acceptors (Lipinski definition) is 5. The highest BCUT2D eigenvalue weighted by Gasteiger charge is 2.17. The van der Waals surface area contributed by atoms with E-state index in [2.05, 4.69) is 15.4 Å². The number of nitrogens with zero attached hydrogens (tertiary/aromatic N) is 1. The lowest BCUT2D eigenvalue weighted by atomic mass is 10.1.